The summed E-state index contributed by atoms with van der Waals surface area (Å²) in [6.07, 6.45) is 5.70. The van der Waals surface area contributed by atoms with Gasteiger partial charge in [0.15, 0.2) is 0 Å². The Kier molecular flexibility index (Phi) is 4.62. The zero-order valence-corrected chi connectivity index (χ0v) is 8.40. The van der Waals surface area contributed by atoms with Gasteiger partial charge in [-0.25, -0.2) is 0 Å². The molecule has 0 amide bonds. The molecule has 1 saturated carbocycles. The molecule has 0 bridgehead atoms. The number of hydrogen-bond acceptors (Lipinski definition) is 2. The van der Waals surface area contributed by atoms with Crippen molar-refractivity contribution in [1.29, 1.82) is 0 Å². The molecule has 1 aliphatic carbocycles. The van der Waals surface area contributed by atoms with E-state index in [2.05, 4.69) is 24.7 Å². The predicted molar refractivity (Wildman–Crippen MR) is 53.3 cm³/mol. The summed E-state index contributed by atoms with van der Waals surface area (Å²) in [7, 11) is 4.11. The van der Waals surface area contributed by atoms with E-state index in [1.54, 1.807) is 0 Å². The van der Waals surface area contributed by atoms with Crippen LogP contribution in [0.5, 0.6) is 0 Å². The number of rotatable bonds is 4. The Balaban J connectivity index is 2.11. The minimum atomic E-state index is 0.947. The van der Waals surface area contributed by atoms with Gasteiger partial charge in [0.2, 0.25) is 0 Å². The molecular weight excluding hydrogens is 148 g/mol. The Morgan fingerprint density at radius 2 is 1.17 bits per heavy atom. The molecule has 0 spiro atoms. The van der Waals surface area contributed by atoms with Gasteiger partial charge in [0.05, 0.1) is 0 Å². The van der Waals surface area contributed by atoms with Crippen molar-refractivity contribution in [3.05, 3.63) is 0 Å². The minimum absolute atomic E-state index is 0.947. The lowest BCUT2D eigenvalue weighted by Gasteiger charge is -2.28. The topological polar surface area (TPSA) is 24.1 Å². The highest BCUT2D eigenvalue weighted by atomic mass is 14.8. The first kappa shape index (κ1) is 10.0. The van der Waals surface area contributed by atoms with Crippen LogP contribution in [-0.2, 0) is 0 Å². The summed E-state index contributed by atoms with van der Waals surface area (Å²) in [5.41, 5.74) is 0. The highest BCUT2D eigenvalue weighted by Crippen LogP contribution is 2.27. The van der Waals surface area contributed by atoms with Gasteiger partial charge in [-0.15, -0.1) is 0 Å². The molecular formula is C10H22N2. The van der Waals surface area contributed by atoms with Crippen molar-refractivity contribution < 1.29 is 0 Å². The van der Waals surface area contributed by atoms with Gasteiger partial charge >= 0.3 is 0 Å². The molecule has 0 unspecified atom stereocenters. The quantitative estimate of drug-likeness (QED) is 0.663. The highest BCUT2D eigenvalue weighted by Gasteiger charge is 2.19. The monoisotopic (exact) mass is 170 g/mol. The zero-order chi connectivity index (χ0) is 8.81. The molecule has 0 atom stereocenters. The van der Waals surface area contributed by atoms with Crippen LogP contribution in [0.4, 0.5) is 0 Å². The van der Waals surface area contributed by atoms with E-state index in [1.807, 2.05) is 0 Å². The molecule has 72 valence electrons. The highest BCUT2D eigenvalue weighted by molar-refractivity contribution is 4.74. The lowest BCUT2D eigenvalue weighted by Crippen LogP contribution is -2.28. The Morgan fingerprint density at radius 1 is 0.833 bits per heavy atom. The van der Waals surface area contributed by atoms with E-state index < -0.39 is 0 Å². The van der Waals surface area contributed by atoms with Crippen molar-refractivity contribution in [2.75, 3.05) is 27.2 Å². The molecule has 2 nitrogen and oxygen atoms in total. The fourth-order valence-corrected chi connectivity index (χ4v) is 2.22. The average Bonchev–Trinajstić information content (AvgIpc) is 2.09. The fraction of sp³-hybridized carbons (Fsp3) is 1.00. The predicted octanol–water partition coefficient (Wildman–Crippen LogP) is 1.23. The largest absolute Gasteiger partial charge is 0.319 e. The third-order valence-electron chi connectivity index (χ3n) is 2.95. The maximum absolute atomic E-state index is 3.27. The molecule has 1 fully saturated rings. The van der Waals surface area contributed by atoms with Gasteiger partial charge < -0.3 is 10.6 Å². The van der Waals surface area contributed by atoms with Gasteiger partial charge in [-0.3, -0.25) is 0 Å². The van der Waals surface area contributed by atoms with Gasteiger partial charge in [0.25, 0.3) is 0 Å². The Hall–Kier alpha value is -0.0800. The molecule has 0 radical (unpaired) electrons. The summed E-state index contributed by atoms with van der Waals surface area (Å²) in [6, 6.07) is 0. The first-order valence-corrected chi connectivity index (χ1v) is 5.16. The second-order valence-corrected chi connectivity index (χ2v) is 4.00. The molecule has 0 aromatic rings. The summed E-state index contributed by atoms with van der Waals surface area (Å²) in [5, 5.41) is 6.54. The summed E-state index contributed by atoms with van der Waals surface area (Å²) in [6.45, 7) is 2.43. The van der Waals surface area contributed by atoms with Crippen molar-refractivity contribution in [2.24, 2.45) is 11.8 Å². The minimum Gasteiger partial charge on any atom is -0.319 e. The van der Waals surface area contributed by atoms with Crippen molar-refractivity contribution in [3.8, 4) is 0 Å². The van der Waals surface area contributed by atoms with E-state index in [1.165, 1.54) is 38.8 Å². The smallest absolute Gasteiger partial charge is 0.00235 e. The van der Waals surface area contributed by atoms with E-state index >= 15 is 0 Å². The molecule has 0 heterocycles. The van der Waals surface area contributed by atoms with Gasteiger partial charge in [-0.05, 0) is 64.7 Å². The number of nitrogens with one attached hydrogen (secondary N) is 2. The van der Waals surface area contributed by atoms with Crippen molar-refractivity contribution in [3.63, 3.8) is 0 Å². The molecule has 2 heteroatoms. The summed E-state index contributed by atoms with van der Waals surface area (Å²) in [5.74, 6) is 1.89. The Morgan fingerprint density at radius 3 is 1.42 bits per heavy atom. The second kappa shape index (κ2) is 5.55. The van der Waals surface area contributed by atoms with Crippen molar-refractivity contribution >= 4 is 0 Å². The molecule has 0 saturated heterocycles. The number of hydrogen-bond donors (Lipinski definition) is 2. The summed E-state index contributed by atoms with van der Waals surface area (Å²) >= 11 is 0. The molecule has 0 aliphatic heterocycles. The summed E-state index contributed by atoms with van der Waals surface area (Å²) in [4.78, 5) is 0. The van der Waals surface area contributed by atoms with Gasteiger partial charge in [0, 0.05) is 0 Å². The molecule has 0 aromatic carbocycles. The van der Waals surface area contributed by atoms with Crippen molar-refractivity contribution in [2.45, 2.75) is 25.7 Å². The third-order valence-corrected chi connectivity index (χ3v) is 2.95. The van der Waals surface area contributed by atoms with Gasteiger partial charge in [-0.2, -0.15) is 0 Å². The summed E-state index contributed by atoms with van der Waals surface area (Å²) < 4.78 is 0. The van der Waals surface area contributed by atoms with Crippen LogP contribution in [0.3, 0.4) is 0 Å². The van der Waals surface area contributed by atoms with E-state index in [0.29, 0.717) is 0 Å². The molecule has 1 rings (SSSR count). The zero-order valence-electron chi connectivity index (χ0n) is 8.40. The maximum atomic E-state index is 3.27. The second-order valence-electron chi connectivity index (χ2n) is 4.00. The van der Waals surface area contributed by atoms with E-state index in [0.717, 1.165) is 11.8 Å². The lowest BCUT2D eigenvalue weighted by molar-refractivity contribution is 0.268. The Labute approximate surface area is 76.1 Å². The Bertz CT molecular complexity index is 92.4. The third kappa shape index (κ3) is 3.11. The van der Waals surface area contributed by atoms with Crippen LogP contribution in [-0.4, -0.2) is 27.2 Å². The van der Waals surface area contributed by atoms with Crippen LogP contribution >= 0.6 is 0 Å². The van der Waals surface area contributed by atoms with E-state index in [-0.39, 0.29) is 0 Å². The fourth-order valence-electron chi connectivity index (χ4n) is 2.22. The van der Waals surface area contributed by atoms with E-state index in [9.17, 15) is 0 Å². The molecule has 1 aliphatic rings. The standard InChI is InChI=1S/C10H22N2/c1-11-7-9-3-5-10(6-4-9)8-12-2/h9-12H,3-8H2,1-2H3. The first-order chi connectivity index (χ1) is 5.86. The van der Waals surface area contributed by atoms with Crippen LogP contribution in [0, 0.1) is 11.8 Å². The van der Waals surface area contributed by atoms with Crippen molar-refractivity contribution in [1.82, 2.24) is 10.6 Å². The van der Waals surface area contributed by atoms with Crippen LogP contribution in [0.25, 0.3) is 0 Å². The van der Waals surface area contributed by atoms with Crippen LogP contribution in [0.15, 0.2) is 0 Å². The molecule has 12 heavy (non-hydrogen) atoms. The lowest BCUT2D eigenvalue weighted by atomic mass is 9.82. The van der Waals surface area contributed by atoms with Crippen LogP contribution in [0.1, 0.15) is 25.7 Å². The molecule has 2 N–H and O–H groups in total. The normalized spacial score (nSPS) is 30.5. The first-order valence-electron chi connectivity index (χ1n) is 5.16. The molecule has 0 aromatic heterocycles. The average molecular weight is 170 g/mol. The van der Waals surface area contributed by atoms with E-state index in [4.69, 9.17) is 0 Å². The van der Waals surface area contributed by atoms with Crippen LogP contribution in [0.2, 0.25) is 0 Å². The SMILES string of the molecule is CNCC1CCC(CNC)CC1. The maximum Gasteiger partial charge on any atom is -0.00235 e. The van der Waals surface area contributed by atoms with Crippen LogP contribution < -0.4 is 10.6 Å². The van der Waals surface area contributed by atoms with Gasteiger partial charge in [0.1, 0.15) is 0 Å². The van der Waals surface area contributed by atoms with Gasteiger partial charge in [-0.1, -0.05) is 0 Å².